The predicted octanol–water partition coefficient (Wildman–Crippen LogP) is 3.41. The van der Waals surface area contributed by atoms with Crippen molar-refractivity contribution in [2.45, 2.75) is 38.5 Å². The van der Waals surface area contributed by atoms with Gasteiger partial charge in [-0.3, -0.25) is 4.79 Å². The fraction of sp³-hybridized carbons (Fsp3) is 0.391. The van der Waals surface area contributed by atoms with Crippen LogP contribution in [0.1, 0.15) is 39.9 Å². The maximum Gasteiger partial charge on any atom is 0.339 e. The summed E-state index contributed by atoms with van der Waals surface area (Å²) in [7, 11) is 1.65. The number of hydrogen-bond acceptors (Lipinski definition) is 5. The van der Waals surface area contributed by atoms with Gasteiger partial charge < -0.3 is 19.7 Å². The number of carboxylic acid groups (broad SMARTS) is 1. The van der Waals surface area contributed by atoms with E-state index in [1.807, 2.05) is 32.9 Å². The lowest BCUT2D eigenvalue weighted by Crippen LogP contribution is -2.42. The third-order valence-electron chi connectivity index (χ3n) is 5.38. The molecule has 1 fully saturated rings. The van der Waals surface area contributed by atoms with Crippen molar-refractivity contribution in [3.05, 3.63) is 52.6 Å². The van der Waals surface area contributed by atoms with Crippen molar-refractivity contribution in [1.82, 2.24) is 4.31 Å². The van der Waals surface area contributed by atoms with Gasteiger partial charge in [0.15, 0.2) is 4.90 Å². The van der Waals surface area contributed by atoms with Crippen LogP contribution in [-0.4, -0.2) is 51.1 Å². The van der Waals surface area contributed by atoms with E-state index in [9.17, 15) is 19.2 Å². The van der Waals surface area contributed by atoms with Gasteiger partial charge in [0, 0.05) is 36.5 Å². The lowest BCUT2D eigenvalue weighted by Gasteiger charge is -2.27. The zero-order valence-corrected chi connectivity index (χ0v) is 19.0. The van der Waals surface area contributed by atoms with E-state index in [2.05, 4.69) is 0 Å². The number of aromatic carboxylic acids is 1. The average molecular weight is 445 g/mol. The molecule has 1 aliphatic rings. The van der Waals surface area contributed by atoms with Crippen molar-refractivity contribution in [3.63, 3.8) is 0 Å². The van der Waals surface area contributed by atoms with Gasteiger partial charge in [0.2, 0.25) is 5.91 Å². The summed E-state index contributed by atoms with van der Waals surface area (Å²) in [5, 5.41) is 19.2. The number of phenols is 1. The summed E-state index contributed by atoms with van der Waals surface area (Å²) in [6, 6.07) is 8.06. The Morgan fingerprint density at radius 3 is 2.26 bits per heavy atom. The lowest BCUT2D eigenvalue weighted by atomic mass is 10.1. The van der Waals surface area contributed by atoms with Crippen molar-refractivity contribution < 1.29 is 24.4 Å². The van der Waals surface area contributed by atoms with Crippen LogP contribution in [0.3, 0.4) is 0 Å². The molecular formula is C23H28N2O5S. The second-order valence-electron chi connectivity index (χ2n) is 8.22. The molecule has 1 atom stereocenters. The molecule has 0 aliphatic heterocycles. The number of carbonyl (C=O) groups is 2. The zero-order valence-electron chi connectivity index (χ0n) is 18.2. The van der Waals surface area contributed by atoms with Crippen molar-refractivity contribution >= 4 is 28.9 Å². The fourth-order valence-corrected chi connectivity index (χ4v) is 4.92. The Kier molecular flexibility index (Phi) is 6.93. The quantitative estimate of drug-likeness (QED) is 0.605. The summed E-state index contributed by atoms with van der Waals surface area (Å²) < 4.78 is 14.7. The van der Waals surface area contributed by atoms with E-state index in [1.165, 1.54) is 22.5 Å². The Bertz CT molecular complexity index is 982. The highest BCUT2D eigenvalue weighted by molar-refractivity contribution is 7.89. The monoisotopic (exact) mass is 444 g/mol. The van der Waals surface area contributed by atoms with E-state index < -0.39 is 17.3 Å². The smallest absolute Gasteiger partial charge is 0.339 e. The molecule has 1 saturated carbocycles. The number of hydrogen-bond donors (Lipinski definition) is 2. The van der Waals surface area contributed by atoms with Crippen LogP contribution in [0.15, 0.2) is 35.2 Å². The number of nitrogens with zero attached hydrogens (tertiary/aromatic N) is 2. The van der Waals surface area contributed by atoms with Gasteiger partial charge in [-0.15, -0.1) is 4.31 Å². The molecule has 166 valence electrons. The maximum atomic E-state index is 13.2. The molecule has 0 bridgehead atoms. The van der Waals surface area contributed by atoms with Gasteiger partial charge in [-0.05, 0) is 51.7 Å². The summed E-state index contributed by atoms with van der Waals surface area (Å²) in [6.07, 6.45) is 2.04. The number of carbonyl (C=O) groups excluding carboxylic acids is 1. The molecule has 1 unspecified atom stereocenters. The van der Waals surface area contributed by atoms with Crippen LogP contribution >= 0.6 is 0 Å². The third-order valence-corrected chi connectivity index (χ3v) is 7.07. The van der Waals surface area contributed by atoms with E-state index in [0.29, 0.717) is 23.0 Å². The van der Waals surface area contributed by atoms with Crippen molar-refractivity contribution in [1.29, 1.82) is 0 Å². The van der Waals surface area contributed by atoms with E-state index in [0.717, 1.165) is 29.5 Å². The molecular weight excluding hydrogens is 416 g/mol. The summed E-state index contributed by atoms with van der Waals surface area (Å²) in [5.41, 5.74) is 3.14. The van der Waals surface area contributed by atoms with Crippen LogP contribution in [0, 0.1) is 26.7 Å². The number of carboxylic acids is 1. The number of aryl methyl sites for hydroxylation is 3. The van der Waals surface area contributed by atoms with Crippen LogP contribution in [0.25, 0.3) is 0 Å². The van der Waals surface area contributed by atoms with E-state index in [-0.39, 0.29) is 23.8 Å². The summed E-state index contributed by atoms with van der Waals surface area (Å²) in [6.45, 7) is 6.21. The molecule has 3 rings (SSSR count). The first-order valence-corrected chi connectivity index (χ1v) is 11.3. The molecule has 0 heterocycles. The van der Waals surface area contributed by atoms with Crippen LogP contribution < -0.4 is 4.90 Å². The topological polar surface area (TPSA) is 104 Å². The number of likely N-dealkylation sites (N-methyl/N-ethyl adjacent to an activating group) is 1. The standard InChI is InChI=1S/C23H28N2O5S/c1-14-9-15(2)22(16(3)10-14)31(30)24(4)13-21(27)25(12-17-5-6-17)18-7-8-19(23(28)29)20(26)11-18/h7-11,17,26H,5-6,12-13H2,1-4H3,(H,28,29). The average Bonchev–Trinajstić information content (AvgIpc) is 3.48. The first-order valence-electron chi connectivity index (χ1n) is 10.2. The Morgan fingerprint density at radius 1 is 1.13 bits per heavy atom. The molecule has 7 nitrogen and oxygen atoms in total. The second-order valence-corrected chi connectivity index (χ2v) is 9.75. The first-order chi connectivity index (χ1) is 14.6. The van der Waals surface area contributed by atoms with Crippen molar-refractivity contribution in [2.75, 3.05) is 25.0 Å². The van der Waals surface area contributed by atoms with Gasteiger partial charge in [0.05, 0.1) is 11.4 Å². The van der Waals surface area contributed by atoms with Crippen LogP contribution in [0.2, 0.25) is 0 Å². The SMILES string of the molecule is Cc1cc(C)c([S+]([O-])N(C)CC(=O)N(CC2CC2)c2ccc(C(=O)O)c(O)c2)c(C)c1. The lowest BCUT2D eigenvalue weighted by molar-refractivity contribution is -0.118. The molecule has 2 N–H and O–H groups in total. The minimum atomic E-state index is -1.51. The van der Waals surface area contributed by atoms with Gasteiger partial charge in [0.25, 0.3) is 0 Å². The summed E-state index contributed by atoms with van der Waals surface area (Å²) in [5.74, 6) is -1.50. The Labute approximate surface area is 185 Å². The molecule has 1 amide bonds. The number of benzene rings is 2. The minimum Gasteiger partial charge on any atom is -0.593 e. The third kappa shape index (κ3) is 5.39. The highest BCUT2D eigenvalue weighted by Crippen LogP contribution is 2.33. The largest absolute Gasteiger partial charge is 0.593 e. The summed E-state index contributed by atoms with van der Waals surface area (Å²) in [4.78, 5) is 26.6. The molecule has 0 radical (unpaired) electrons. The minimum absolute atomic E-state index is 0.0759. The highest BCUT2D eigenvalue weighted by atomic mass is 32.2. The number of amides is 1. The maximum absolute atomic E-state index is 13.2. The van der Waals surface area contributed by atoms with Gasteiger partial charge in [-0.25, -0.2) is 4.79 Å². The molecule has 2 aromatic carbocycles. The predicted molar refractivity (Wildman–Crippen MR) is 120 cm³/mol. The Hall–Kier alpha value is -2.55. The molecule has 0 saturated heterocycles. The van der Waals surface area contributed by atoms with Gasteiger partial charge >= 0.3 is 5.97 Å². The van der Waals surface area contributed by atoms with Crippen LogP contribution in [0.5, 0.6) is 5.75 Å². The number of anilines is 1. The number of aromatic hydroxyl groups is 1. The molecule has 8 heteroatoms. The first kappa shape index (κ1) is 23.1. The fourth-order valence-electron chi connectivity index (χ4n) is 3.71. The molecule has 2 aromatic rings. The van der Waals surface area contributed by atoms with E-state index >= 15 is 0 Å². The zero-order chi connectivity index (χ0) is 22.9. The summed E-state index contributed by atoms with van der Waals surface area (Å²) >= 11 is -1.51. The Morgan fingerprint density at radius 2 is 1.74 bits per heavy atom. The molecule has 0 spiro atoms. The number of rotatable bonds is 8. The van der Waals surface area contributed by atoms with Gasteiger partial charge in [-0.1, -0.05) is 17.7 Å². The second kappa shape index (κ2) is 9.30. The van der Waals surface area contributed by atoms with E-state index in [4.69, 9.17) is 5.11 Å². The van der Waals surface area contributed by atoms with Crippen molar-refractivity contribution in [3.8, 4) is 5.75 Å². The van der Waals surface area contributed by atoms with Crippen LogP contribution in [0.4, 0.5) is 5.69 Å². The van der Waals surface area contributed by atoms with Gasteiger partial charge in [0.1, 0.15) is 17.9 Å². The van der Waals surface area contributed by atoms with Gasteiger partial charge in [-0.2, -0.15) is 0 Å². The van der Waals surface area contributed by atoms with Crippen LogP contribution in [-0.2, 0) is 16.2 Å². The van der Waals surface area contributed by atoms with E-state index in [1.54, 1.807) is 11.9 Å². The normalized spacial score (nSPS) is 14.5. The molecule has 0 aromatic heterocycles. The van der Waals surface area contributed by atoms with Crippen molar-refractivity contribution in [2.24, 2.45) is 5.92 Å². The molecule has 1 aliphatic carbocycles. The Balaban J connectivity index is 1.81. The molecule has 31 heavy (non-hydrogen) atoms. The highest BCUT2D eigenvalue weighted by Gasteiger charge is 2.31.